The molecule has 2 N–H and O–H groups in total. The number of hydrogen-bond donors (Lipinski definition) is 1. The molecule has 0 spiro atoms. The summed E-state index contributed by atoms with van der Waals surface area (Å²) in [6.45, 7) is 9.08. The first-order chi connectivity index (χ1) is 10.3. The van der Waals surface area contributed by atoms with E-state index < -0.39 is 5.60 Å². The minimum absolute atomic E-state index is 0.240. The highest BCUT2D eigenvalue weighted by Crippen LogP contribution is 2.27. The van der Waals surface area contributed by atoms with E-state index in [1.807, 2.05) is 32.9 Å². The lowest BCUT2D eigenvalue weighted by molar-refractivity contribution is 0.0270. The molecule has 1 aliphatic rings. The maximum absolute atomic E-state index is 12.1. The van der Waals surface area contributed by atoms with Crippen LogP contribution in [-0.4, -0.2) is 29.7 Å². The predicted octanol–water partition coefficient (Wildman–Crippen LogP) is 3.86. The number of hydrogen-bond acceptors (Lipinski definition) is 3. The molecule has 22 heavy (non-hydrogen) atoms. The lowest BCUT2D eigenvalue weighted by Crippen LogP contribution is -2.39. The molecule has 0 atom stereocenters. The number of benzene rings is 1. The molecule has 1 amide bonds. The first-order valence-electron chi connectivity index (χ1n) is 7.86. The van der Waals surface area contributed by atoms with Gasteiger partial charge in [-0.1, -0.05) is 19.1 Å². The molecule has 0 aromatic heterocycles. The van der Waals surface area contributed by atoms with Crippen molar-refractivity contribution in [2.75, 3.05) is 18.8 Å². The topological polar surface area (TPSA) is 55.6 Å². The minimum Gasteiger partial charge on any atom is -0.444 e. The Morgan fingerprint density at radius 2 is 2.09 bits per heavy atom. The number of carbonyl (C=O) groups excluding carboxylic acids is 1. The zero-order valence-electron chi connectivity index (χ0n) is 14.0. The number of nitrogens with zero attached hydrogens (tertiary/aromatic N) is 1. The molecule has 0 unspecified atom stereocenters. The number of carbonyl (C=O) groups is 1. The Morgan fingerprint density at radius 3 is 2.64 bits per heavy atom. The Bertz CT molecular complexity index is 585. The highest BCUT2D eigenvalue weighted by Gasteiger charge is 2.24. The van der Waals surface area contributed by atoms with E-state index in [-0.39, 0.29) is 6.09 Å². The number of nitrogens with two attached hydrogens (primary N) is 1. The molecule has 0 bridgehead atoms. The summed E-state index contributed by atoms with van der Waals surface area (Å²) < 4.78 is 5.42. The van der Waals surface area contributed by atoms with Gasteiger partial charge in [0.05, 0.1) is 0 Å². The van der Waals surface area contributed by atoms with Crippen molar-refractivity contribution >= 4 is 17.4 Å². The molecule has 0 aliphatic carbocycles. The molecule has 0 saturated carbocycles. The van der Waals surface area contributed by atoms with Gasteiger partial charge < -0.3 is 15.4 Å². The second-order valence-corrected chi connectivity index (χ2v) is 6.68. The summed E-state index contributed by atoms with van der Waals surface area (Å²) in [4.78, 5) is 13.8. The number of nitrogen functional groups attached to an aromatic ring is 1. The molecule has 1 aliphatic heterocycles. The first-order valence-corrected chi connectivity index (χ1v) is 7.86. The van der Waals surface area contributed by atoms with Crippen LogP contribution in [0.1, 0.15) is 45.2 Å². The molecule has 0 fully saturated rings. The van der Waals surface area contributed by atoms with E-state index >= 15 is 0 Å². The van der Waals surface area contributed by atoms with Crippen molar-refractivity contribution in [1.82, 2.24) is 4.90 Å². The molecule has 1 aromatic carbocycles. The molecule has 120 valence electrons. The van der Waals surface area contributed by atoms with Crippen LogP contribution in [0.4, 0.5) is 10.5 Å². The van der Waals surface area contributed by atoms with Crippen molar-refractivity contribution in [1.29, 1.82) is 0 Å². The van der Waals surface area contributed by atoms with Gasteiger partial charge in [-0.3, -0.25) is 0 Å². The van der Waals surface area contributed by atoms with Gasteiger partial charge in [-0.2, -0.15) is 0 Å². The van der Waals surface area contributed by atoms with Crippen molar-refractivity contribution < 1.29 is 9.53 Å². The van der Waals surface area contributed by atoms with Crippen molar-refractivity contribution in [3.05, 3.63) is 35.4 Å². The molecule has 4 nitrogen and oxygen atoms in total. The first kappa shape index (κ1) is 16.4. The van der Waals surface area contributed by atoms with Gasteiger partial charge in [0.1, 0.15) is 5.60 Å². The SMILES string of the molecule is CCc1cc(N)ccc1C1=CCN(C(=O)OC(C)(C)C)CC1. The van der Waals surface area contributed by atoms with Crippen LogP contribution in [0.15, 0.2) is 24.3 Å². The molecular formula is C18H26N2O2. The Morgan fingerprint density at radius 1 is 1.36 bits per heavy atom. The second kappa shape index (κ2) is 6.42. The molecule has 0 radical (unpaired) electrons. The van der Waals surface area contributed by atoms with Gasteiger partial charge in [0, 0.05) is 18.8 Å². The van der Waals surface area contributed by atoms with Crippen molar-refractivity contribution in [2.24, 2.45) is 0 Å². The van der Waals surface area contributed by atoms with Crippen LogP contribution in [-0.2, 0) is 11.2 Å². The highest BCUT2D eigenvalue weighted by molar-refractivity contribution is 5.74. The Labute approximate surface area is 132 Å². The predicted molar refractivity (Wildman–Crippen MR) is 90.6 cm³/mol. The monoisotopic (exact) mass is 302 g/mol. The average Bonchev–Trinajstić information content (AvgIpc) is 2.45. The lowest BCUT2D eigenvalue weighted by Gasteiger charge is -2.30. The van der Waals surface area contributed by atoms with E-state index in [4.69, 9.17) is 10.5 Å². The number of anilines is 1. The van der Waals surface area contributed by atoms with Crippen molar-refractivity contribution in [3.63, 3.8) is 0 Å². The van der Waals surface area contributed by atoms with Gasteiger partial charge in [0.15, 0.2) is 0 Å². The molecule has 0 saturated heterocycles. The summed E-state index contributed by atoms with van der Waals surface area (Å²) in [6.07, 6.45) is 3.68. The van der Waals surface area contributed by atoms with Gasteiger partial charge in [0.25, 0.3) is 0 Å². The van der Waals surface area contributed by atoms with E-state index in [0.717, 1.165) is 18.5 Å². The smallest absolute Gasteiger partial charge is 0.410 e. The van der Waals surface area contributed by atoms with Crippen LogP contribution >= 0.6 is 0 Å². The zero-order valence-corrected chi connectivity index (χ0v) is 14.0. The molecule has 1 aromatic rings. The fraction of sp³-hybridized carbons (Fsp3) is 0.500. The third kappa shape index (κ3) is 4.03. The Kier molecular flexibility index (Phi) is 4.79. The van der Waals surface area contributed by atoms with Crippen LogP contribution in [0.3, 0.4) is 0 Å². The second-order valence-electron chi connectivity index (χ2n) is 6.68. The number of aryl methyl sites for hydroxylation is 1. The summed E-state index contributed by atoms with van der Waals surface area (Å²) in [5.74, 6) is 0. The largest absolute Gasteiger partial charge is 0.444 e. The van der Waals surface area contributed by atoms with Gasteiger partial charge in [0.2, 0.25) is 0 Å². The summed E-state index contributed by atoms with van der Waals surface area (Å²) in [5.41, 5.74) is 10.0. The Hall–Kier alpha value is -1.97. The standard InChI is InChI=1S/C18H26N2O2/c1-5-13-12-15(19)6-7-16(13)14-8-10-20(11-9-14)17(21)22-18(2,3)4/h6-8,12H,5,9-11,19H2,1-4H3. The molecule has 4 heteroatoms. The summed E-state index contributed by atoms with van der Waals surface area (Å²) >= 11 is 0. The zero-order chi connectivity index (χ0) is 16.3. The average molecular weight is 302 g/mol. The van der Waals surface area contributed by atoms with E-state index in [1.54, 1.807) is 4.90 Å². The fourth-order valence-electron chi connectivity index (χ4n) is 2.63. The van der Waals surface area contributed by atoms with Crippen molar-refractivity contribution in [3.8, 4) is 0 Å². The van der Waals surface area contributed by atoms with E-state index in [2.05, 4.69) is 19.1 Å². The van der Waals surface area contributed by atoms with Gasteiger partial charge in [-0.15, -0.1) is 0 Å². The summed E-state index contributed by atoms with van der Waals surface area (Å²) in [7, 11) is 0. The van der Waals surface area contributed by atoms with E-state index in [9.17, 15) is 4.79 Å². The summed E-state index contributed by atoms with van der Waals surface area (Å²) in [6, 6.07) is 6.06. The van der Waals surface area contributed by atoms with Crippen LogP contribution in [0.2, 0.25) is 0 Å². The number of ether oxygens (including phenoxy) is 1. The quantitative estimate of drug-likeness (QED) is 0.844. The molecule has 2 rings (SSSR count). The third-order valence-corrected chi connectivity index (χ3v) is 3.72. The normalized spacial score (nSPS) is 15.5. The van der Waals surface area contributed by atoms with Crippen molar-refractivity contribution in [2.45, 2.75) is 46.1 Å². The van der Waals surface area contributed by atoms with E-state index in [0.29, 0.717) is 13.1 Å². The van der Waals surface area contributed by atoms with Gasteiger partial charge in [-0.25, -0.2) is 4.79 Å². The lowest BCUT2D eigenvalue weighted by atomic mass is 9.93. The van der Waals surface area contributed by atoms with Gasteiger partial charge in [-0.05, 0) is 62.4 Å². The van der Waals surface area contributed by atoms with Crippen LogP contribution in [0, 0.1) is 0 Å². The Balaban J connectivity index is 2.10. The third-order valence-electron chi connectivity index (χ3n) is 3.72. The molecular weight excluding hydrogens is 276 g/mol. The minimum atomic E-state index is -0.451. The maximum atomic E-state index is 12.1. The van der Waals surface area contributed by atoms with E-state index in [1.165, 1.54) is 16.7 Å². The highest BCUT2D eigenvalue weighted by atomic mass is 16.6. The fourth-order valence-corrected chi connectivity index (χ4v) is 2.63. The number of rotatable bonds is 2. The van der Waals surface area contributed by atoms with Crippen LogP contribution in [0.5, 0.6) is 0 Å². The maximum Gasteiger partial charge on any atom is 0.410 e. The van der Waals surface area contributed by atoms with Gasteiger partial charge >= 0.3 is 6.09 Å². The molecule has 1 heterocycles. The summed E-state index contributed by atoms with van der Waals surface area (Å²) in [5, 5.41) is 0. The van der Waals surface area contributed by atoms with Crippen LogP contribution < -0.4 is 5.73 Å². The van der Waals surface area contributed by atoms with Crippen LogP contribution in [0.25, 0.3) is 5.57 Å². The number of amides is 1.